The predicted octanol–water partition coefficient (Wildman–Crippen LogP) is 4.17. The number of terminal acetylenes is 1. The number of nitrogens with one attached hydrogen (secondary N) is 1. The number of nitrogens with zero attached hydrogens (tertiary/aromatic N) is 1. The summed E-state index contributed by atoms with van der Waals surface area (Å²) in [5.74, 6) is 3.13. The summed E-state index contributed by atoms with van der Waals surface area (Å²) < 4.78 is 5.83. The fourth-order valence-corrected chi connectivity index (χ4v) is 2.97. The van der Waals surface area contributed by atoms with Crippen molar-refractivity contribution in [1.29, 1.82) is 0 Å². The number of carbonyl (C=O) groups is 1. The first-order chi connectivity index (χ1) is 13.5. The van der Waals surface area contributed by atoms with Gasteiger partial charge in [0.2, 0.25) is 0 Å². The van der Waals surface area contributed by atoms with E-state index >= 15 is 0 Å². The van der Waals surface area contributed by atoms with E-state index in [-0.39, 0.29) is 12.5 Å². The van der Waals surface area contributed by atoms with Gasteiger partial charge in [-0.25, -0.2) is 0 Å². The van der Waals surface area contributed by atoms with Gasteiger partial charge in [-0.1, -0.05) is 36.6 Å². The number of benzene rings is 2. The van der Waals surface area contributed by atoms with Crippen LogP contribution in [0.25, 0.3) is 0 Å². The van der Waals surface area contributed by atoms with Crippen LogP contribution in [-0.2, 0) is 13.0 Å². The van der Waals surface area contributed by atoms with Crippen LogP contribution in [0.4, 0.5) is 0 Å². The molecular formula is C23H27ClN2O2. The van der Waals surface area contributed by atoms with E-state index in [1.54, 1.807) is 0 Å². The molecule has 2 aromatic rings. The monoisotopic (exact) mass is 398 g/mol. The number of likely N-dealkylation sites (N-methyl/N-ethyl adjacent to an activating group) is 1. The van der Waals surface area contributed by atoms with Crippen molar-refractivity contribution >= 4 is 17.5 Å². The van der Waals surface area contributed by atoms with E-state index in [0.717, 1.165) is 37.2 Å². The molecule has 1 N–H and O–H groups in total. The lowest BCUT2D eigenvalue weighted by Crippen LogP contribution is -2.23. The Morgan fingerprint density at radius 3 is 2.68 bits per heavy atom. The van der Waals surface area contributed by atoms with Crippen molar-refractivity contribution in [2.75, 3.05) is 26.7 Å². The first kappa shape index (κ1) is 21.8. The smallest absolute Gasteiger partial charge is 0.252 e. The first-order valence-corrected chi connectivity index (χ1v) is 9.81. The zero-order valence-electron chi connectivity index (χ0n) is 16.5. The topological polar surface area (TPSA) is 41.6 Å². The minimum atomic E-state index is -0.151. The maximum atomic E-state index is 11.9. The zero-order chi connectivity index (χ0) is 20.4. The molecule has 2 rings (SSSR count). The number of hydrogen-bond donors (Lipinski definition) is 1. The van der Waals surface area contributed by atoms with Crippen LogP contribution in [0.2, 0.25) is 5.02 Å². The molecule has 148 valence electrons. The van der Waals surface area contributed by atoms with Crippen LogP contribution in [0.3, 0.4) is 0 Å². The molecule has 0 aliphatic rings. The van der Waals surface area contributed by atoms with Gasteiger partial charge in [-0.3, -0.25) is 4.79 Å². The molecule has 0 aromatic heterocycles. The number of halogens is 1. The van der Waals surface area contributed by atoms with Crippen molar-refractivity contribution < 1.29 is 9.53 Å². The summed E-state index contributed by atoms with van der Waals surface area (Å²) >= 11 is 6.16. The Labute approximate surface area is 172 Å². The minimum Gasteiger partial charge on any atom is -0.493 e. The molecule has 0 spiro atoms. The fourth-order valence-electron chi connectivity index (χ4n) is 2.77. The van der Waals surface area contributed by atoms with Crippen LogP contribution >= 0.6 is 11.6 Å². The summed E-state index contributed by atoms with van der Waals surface area (Å²) in [5.41, 5.74) is 2.88. The highest BCUT2D eigenvalue weighted by molar-refractivity contribution is 6.30. The number of ether oxygens (including phenoxy) is 1. The average molecular weight is 399 g/mol. The molecular weight excluding hydrogens is 372 g/mol. The maximum absolute atomic E-state index is 11.9. The van der Waals surface area contributed by atoms with E-state index in [0.29, 0.717) is 17.2 Å². The average Bonchev–Trinajstić information content (AvgIpc) is 2.70. The quantitative estimate of drug-likeness (QED) is 0.611. The highest BCUT2D eigenvalue weighted by Gasteiger charge is 2.09. The van der Waals surface area contributed by atoms with Crippen molar-refractivity contribution in [3.05, 3.63) is 64.2 Å². The molecule has 1 amide bonds. The van der Waals surface area contributed by atoms with E-state index in [1.807, 2.05) is 42.5 Å². The number of rotatable bonds is 10. The summed E-state index contributed by atoms with van der Waals surface area (Å²) in [5, 5.41) is 3.38. The molecule has 0 bridgehead atoms. The van der Waals surface area contributed by atoms with E-state index < -0.39 is 0 Å². The number of carbonyl (C=O) groups excluding carboxylic acids is 1. The second-order valence-electron chi connectivity index (χ2n) is 6.67. The minimum absolute atomic E-state index is 0.151. The van der Waals surface area contributed by atoms with Gasteiger partial charge < -0.3 is 15.0 Å². The van der Waals surface area contributed by atoms with Gasteiger partial charge in [-0.05, 0) is 55.8 Å². The Morgan fingerprint density at radius 2 is 2.00 bits per heavy atom. The summed E-state index contributed by atoms with van der Waals surface area (Å²) in [6.45, 7) is 4.65. The van der Waals surface area contributed by atoms with Crippen LogP contribution in [0.5, 0.6) is 5.75 Å². The first-order valence-electron chi connectivity index (χ1n) is 9.43. The molecule has 4 nitrogen and oxygen atoms in total. The SMILES string of the molecule is C#CCNC(=O)c1ccc(CCN(C)Cc2cc(Cl)ccc2OCCC)cc1. The Morgan fingerprint density at radius 1 is 1.25 bits per heavy atom. The standard InChI is InChI=1S/C23H27ClN2O2/c1-4-13-25-23(27)19-8-6-18(7-9-19)12-14-26(3)17-20-16-21(24)10-11-22(20)28-15-5-2/h1,6-11,16H,5,12-15,17H2,2-3H3,(H,25,27). The van der Waals surface area contributed by atoms with Crippen LogP contribution in [0.1, 0.15) is 34.8 Å². The van der Waals surface area contributed by atoms with E-state index in [2.05, 4.69) is 30.1 Å². The predicted molar refractivity (Wildman–Crippen MR) is 115 cm³/mol. The summed E-state index contributed by atoms with van der Waals surface area (Å²) in [6, 6.07) is 13.4. The molecule has 0 heterocycles. The third-order valence-corrected chi connectivity index (χ3v) is 4.51. The van der Waals surface area contributed by atoms with Crippen molar-refractivity contribution in [3.8, 4) is 18.1 Å². The van der Waals surface area contributed by atoms with Gasteiger partial charge in [0.25, 0.3) is 5.91 Å². The van der Waals surface area contributed by atoms with E-state index in [4.69, 9.17) is 22.8 Å². The second-order valence-corrected chi connectivity index (χ2v) is 7.11. The van der Waals surface area contributed by atoms with Crippen LogP contribution < -0.4 is 10.1 Å². The molecule has 0 atom stereocenters. The molecule has 0 aliphatic carbocycles. The molecule has 0 saturated carbocycles. The second kappa shape index (κ2) is 11.4. The summed E-state index contributed by atoms with van der Waals surface area (Å²) in [4.78, 5) is 14.1. The third kappa shape index (κ3) is 6.92. The molecule has 0 unspecified atom stereocenters. The van der Waals surface area contributed by atoms with Gasteiger partial charge in [0.1, 0.15) is 5.75 Å². The third-order valence-electron chi connectivity index (χ3n) is 4.27. The van der Waals surface area contributed by atoms with Gasteiger partial charge in [-0.2, -0.15) is 0 Å². The van der Waals surface area contributed by atoms with Crippen LogP contribution in [0.15, 0.2) is 42.5 Å². The van der Waals surface area contributed by atoms with E-state index in [9.17, 15) is 4.79 Å². The molecule has 0 saturated heterocycles. The van der Waals surface area contributed by atoms with Crippen molar-refractivity contribution in [2.24, 2.45) is 0 Å². The highest BCUT2D eigenvalue weighted by atomic mass is 35.5. The van der Waals surface area contributed by atoms with Gasteiger partial charge in [-0.15, -0.1) is 6.42 Å². The summed E-state index contributed by atoms with van der Waals surface area (Å²) in [6.07, 6.45) is 7.01. The summed E-state index contributed by atoms with van der Waals surface area (Å²) in [7, 11) is 2.08. The van der Waals surface area contributed by atoms with Crippen LogP contribution in [0, 0.1) is 12.3 Å². The molecule has 2 aromatic carbocycles. The normalized spacial score (nSPS) is 10.5. The van der Waals surface area contributed by atoms with Gasteiger partial charge in [0.15, 0.2) is 0 Å². The number of hydrogen-bond acceptors (Lipinski definition) is 3. The van der Waals surface area contributed by atoms with Crippen LogP contribution in [-0.4, -0.2) is 37.6 Å². The zero-order valence-corrected chi connectivity index (χ0v) is 17.3. The highest BCUT2D eigenvalue weighted by Crippen LogP contribution is 2.24. The Kier molecular flexibility index (Phi) is 8.87. The molecule has 5 heteroatoms. The van der Waals surface area contributed by atoms with Gasteiger partial charge in [0, 0.05) is 29.2 Å². The lowest BCUT2D eigenvalue weighted by Gasteiger charge is -2.19. The molecule has 0 fully saturated rings. The lowest BCUT2D eigenvalue weighted by atomic mass is 10.1. The Bertz CT molecular complexity index is 812. The Balaban J connectivity index is 1.90. The van der Waals surface area contributed by atoms with Gasteiger partial charge in [0.05, 0.1) is 13.2 Å². The molecule has 0 radical (unpaired) electrons. The van der Waals surface area contributed by atoms with Gasteiger partial charge >= 0.3 is 0 Å². The molecule has 0 aliphatic heterocycles. The lowest BCUT2D eigenvalue weighted by molar-refractivity contribution is 0.0958. The van der Waals surface area contributed by atoms with Crippen molar-refractivity contribution in [2.45, 2.75) is 26.3 Å². The maximum Gasteiger partial charge on any atom is 0.252 e. The Hall–Kier alpha value is -2.48. The van der Waals surface area contributed by atoms with Crippen molar-refractivity contribution in [1.82, 2.24) is 10.2 Å². The number of amides is 1. The van der Waals surface area contributed by atoms with E-state index in [1.165, 1.54) is 5.56 Å². The largest absolute Gasteiger partial charge is 0.493 e. The molecule has 28 heavy (non-hydrogen) atoms. The van der Waals surface area contributed by atoms with Crippen molar-refractivity contribution in [3.63, 3.8) is 0 Å². The fraction of sp³-hybridized carbons (Fsp3) is 0.348.